The number of nitrogens with one attached hydrogen (secondary N) is 1. The van der Waals surface area contributed by atoms with E-state index in [1.807, 2.05) is 65.9 Å². The molecule has 30 heavy (non-hydrogen) atoms. The van der Waals surface area contributed by atoms with Crippen molar-refractivity contribution in [1.29, 1.82) is 0 Å². The molecule has 2 aliphatic heterocycles. The average Bonchev–Trinajstić information content (AvgIpc) is 3.41. The first-order valence-corrected chi connectivity index (χ1v) is 10.3. The first kappa shape index (κ1) is 18.6. The molecule has 1 aromatic carbocycles. The Morgan fingerprint density at radius 1 is 0.967 bits per heavy atom. The number of para-hydroxylation sites is 1. The summed E-state index contributed by atoms with van der Waals surface area (Å²) in [4.78, 5) is 25.7. The largest absolute Gasteiger partial charge is 0.356 e. The predicted octanol–water partition coefficient (Wildman–Crippen LogP) is 2.88. The summed E-state index contributed by atoms with van der Waals surface area (Å²) in [5, 5.41) is 7.52. The van der Waals surface area contributed by atoms with Gasteiger partial charge in [-0.05, 0) is 32.0 Å². The van der Waals surface area contributed by atoms with E-state index in [2.05, 4.69) is 25.3 Å². The highest BCUT2D eigenvalue weighted by molar-refractivity contribution is 5.89. The van der Waals surface area contributed by atoms with Gasteiger partial charge >= 0.3 is 6.03 Å². The summed E-state index contributed by atoms with van der Waals surface area (Å²) in [6.45, 7) is 7.34. The average molecular weight is 403 g/mol. The van der Waals surface area contributed by atoms with Crippen LogP contribution in [-0.2, 0) is 0 Å². The van der Waals surface area contributed by atoms with Crippen molar-refractivity contribution in [3.8, 4) is 5.82 Å². The zero-order valence-corrected chi connectivity index (χ0v) is 17.2. The second-order valence-electron chi connectivity index (χ2n) is 8.20. The lowest BCUT2D eigenvalue weighted by Gasteiger charge is -2.23. The van der Waals surface area contributed by atoms with Gasteiger partial charge in [-0.2, -0.15) is 5.10 Å². The minimum Gasteiger partial charge on any atom is -0.356 e. The number of anilines is 2. The third-order valence-electron chi connectivity index (χ3n) is 5.99. The van der Waals surface area contributed by atoms with Crippen LogP contribution in [0.3, 0.4) is 0 Å². The molecule has 8 nitrogen and oxygen atoms in total. The lowest BCUT2D eigenvalue weighted by molar-refractivity contribution is 0.219. The number of fused-ring (bicyclic) bond motifs is 1. The second kappa shape index (κ2) is 7.44. The van der Waals surface area contributed by atoms with Gasteiger partial charge in [0.1, 0.15) is 12.1 Å². The van der Waals surface area contributed by atoms with Gasteiger partial charge in [0, 0.05) is 55.5 Å². The number of benzene rings is 1. The minimum atomic E-state index is -0.0176. The van der Waals surface area contributed by atoms with E-state index in [4.69, 9.17) is 0 Å². The maximum atomic E-state index is 12.6. The number of carbonyl (C=O) groups excluding carboxylic acids is 1. The Morgan fingerprint density at radius 3 is 2.33 bits per heavy atom. The molecule has 2 aromatic heterocycles. The fourth-order valence-corrected chi connectivity index (χ4v) is 4.56. The van der Waals surface area contributed by atoms with E-state index in [0.717, 1.165) is 54.9 Å². The molecule has 0 saturated carbocycles. The van der Waals surface area contributed by atoms with Gasteiger partial charge in [-0.15, -0.1) is 0 Å². The van der Waals surface area contributed by atoms with Crippen LogP contribution in [0.15, 0.2) is 48.8 Å². The molecule has 2 aliphatic rings. The molecule has 154 valence electrons. The molecule has 2 saturated heterocycles. The fraction of sp³-hybridized carbons (Fsp3) is 0.364. The van der Waals surface area contributed by atoms with E-state index >= 15 is 0 Å². The Morgan fingerprint density at radius 2 is 1.67 bits per heavy atom. The quantitative estimate of drug-likeness (QED) is 0.727. The molecule has 0 radical (unpaired) electrons. The van der Waals surface area contributed by atoms with Crippen LogP contribution < -0.4 is 10.2 Å². The molecule has 1 N–H and O–H groups in total. The van der Waals surface area contributed by atoms with Crippen LogP contribution in [0, 0.1) is 25.7 Å². The summed E-state index contributed by atoms with van der Waals surface area (Å²) in [5.41, 5.74) is 2.85. The number of amides is 2. The van der Waals surface area contributed by atoms with Crippen molar-refractivity contribution < 1.29 is 4.79 Å². The monoisotopic (exact) mass is 403 g/mol. The molecule has 2 atom stereocenters. The third kappa shape index (κ3) is 3.49. The number of hydrogen-bond donors (Lipinski definition) is 1. The zero-order chi connectivity index (χ0) is 20.7. The number of hydrogen-bond acceptors (Lipinski definition) is 5. The molecule has 2 unspecified atom stereocenters. The van der Waals surface area contributed by atoms with E-state index < -0.39 is 0 Å². The van der Waals surface area contributed by atoms with E-state index in [9.17, 15) is 4.79 Å². The number of rotatable bonds is 3. The van der Waals surface area contributed by atoms with Gasteiger partial charge in [-0.1, -0.05) is 18.2 Å². The van der Waals surface area contributed by atoms with Gasteiger partial charge in [0.15, 0.2) is 5.82 Å². The van der Waals surface area contributed by atoms with Crippen molar-refractivity contribution in [2.75, 3.05) is 36.4 Å². The smallest absolute Gasteiger partial charge is 0.321 e. The van der Waals surface area contributed by atoms with Crippen molar-refractivity contribution in [1.82, 2.24) is 24.6 Å². The first-order chi connectivity index (χ1) is 14.6. The molecular weight excluding hydrogens is 378 g/mol. The Kier molecular flexibility index (Phi) is 4.61. The molecule has 0 bridgehead atoms. The van der Waals surface area contributed by atoms with Gasteiger partial charge in [0.25, 0.3) is 0 Å². The van der Waals surface area contributed by atoms with Crippen LogP contribution in [-0.4, -0.2) is 56.9 Å². The Hall–Kier alpha value is -3.42. The van der Waals surface area contributed by atoms with Crippen LogP contribution in [0.4, 0.5) is 16.3 Å². The lowest BCUT2D eigenvalue weighted by atomic mass is 10.0. The van der Waals surface area contributed by atoms with E-state index in [-0.39, 0.29) is 6.03 Å². The van der Waals surface area contributed by atoms with Crippen LogP contribution in [0.25, 0.3) is 5.82 Å². The molecule has 4 heterocycles. The highest BCUT2D eigenvalue weighted by Crippen LogP contribution is 2.33. The molecule has 2 fully saturated rings. The maximum absolute atomic E-state index is 12.6. The summed E-state index contributed by atoms with van der Waals surface area (Å²) < 4.78 is 1.85. The standard InChI is InChI=1S/C22H25N7O/c1-15-8-16(2)29(26-15)21-9-20(23-14-24-21)27-10-17-12-28(13-18(17)11-27)22(30)25-19-6-4-3-5-7-19/h3-9,14,17-18H,10-13H2,1-2H3,(H,25,30). The van der Waals surface area contributed by atoms with Crippen LogP contribution >= 0.6 is 0 Å². The number of nitrogens with zero attached hydrogens (tertiary/aromatic N) is 6. The van der Waals surface area contributed by atoms with Gasteiger partial charge in [0.2, 0.25) is 0 Å². The third-order valence-corrected chi connectivity index (χ3v) is 5.99. The molecular formula is C22H25N7O. The highest BCUT2D eigenvalue weighted by Gasteiger charge is 2.42. The summed E-state index contributed by atoms with van der Waals surface area (Å²) in [7, 11) is 0. The minimum absolute atomic E-state index is 0.0176. The first-order valence-electron chi connectivity index (χ1n) is 10.3. The van der Waals surface area contributed by atoms with E-state index in [1.54, 1.807) is 6.33 Å². The van der Waals surface area contributed by atoms with Crippen molar-refractivity contribution in [3.05, 3.63) is 60.2 Å². The normalized spacial score (nSPS) is 20.5. The molecule has 2 amide bonds. The number of aryl methyl sites for hydroxylation is 2. The van der Waals surface area contributed by atoms with Crippen LogP contribution in [0.2, 0.25) is 0 Å². The van der Waals surface area contributed by atoms with Crippen molar-refractivity contribution in [2.24, 2.45) is 11.8 Å². The maximum Gasteiger partial charge on any atom is 0.321 e. The highest BCUT2D eigenvalue weighted by atomic mass is 16.2. The van der Waals surface area contributed by atoms with Crippen molar-refractivity contribution in [2.45, 2.75) is 13.8 Å². The van der Waals surface area contributed by atoms with Gasteiger partial charge < -0.3 is 15.1 Å². The predicted molar refractivity (Wildman–Crippen MR) is 115 cm³/mol. The number of urea groups is 1. The number of likely N-dealkylation sites (tertiary alicyclic amines) is 1. The number of aromatic nitrogens is 4. The van der Waals surface area contributed by atoms with Crippen molar-refractivity contribution in [3.63, 3.8) is 0 Å². The lowest BCUT2D eigenvalue weighted by Crippen LogP contribution is -2.36. The summed E-state index contributed by atoms with van der Waals surface area (Å²) in [5.74, 6) is 2.62. The van der Waals surface area contributed by atoms with E-state index in [1.165, 1.54) is 0 Å². The molecule has 0 spiro atoms. The zero-order valence-electron chi connectivity index (χ0n) is 17.2. The van der Waals surface area contributed by atoms with Gasteiger partial charge in [-0.3, -0.25) is 0 Å². The van der Waals surface area contributed by atoms with Crippen molar-refractivity contribution >= 4 is 17.5 Å². The molecule has 0 aliphatic carbocycles. The Bertz CT molecular complexity index is 1050. The topological polar surface area (TPSA) is 79.2 Å². The summed E-state index contributed by atoms with van der Waals surface area (Å²) in [6.07, 6.45) is 1.61. The van der Waals surface area contributed by atoms with Gasteiger partial charge in [-0.25, -0.2) is 19.4 Å². The van der Waals surface area contributed by atoms with Gasteiger partial charge in [0.05, 0.1) is 5.69 Å². The Labute approximate surface area is 175 Å². The van der Waals surface area contributed by atoms with Crippen LogP contribution in [0.1, 0.15) is 11.4 Å². The fourth-order valence-electron chi connectivity index (χ4n) is 4.56. The number of carbonyl (C=O) groups is 1. The molecule has 8 heteroatoms. The van der Waals surface area contributed by atoms with Crippen LogP contribution in [0.5, 0.6) is 0 Å². The Balaban J connectivity index is 1.24. The van der Waals surface area contributed by atoms with E-state index in [0.29, 0.717) is 11.8 Å². The molecule has 5 rings (SSSR count). The summed E-state index contributed by atoms with van der Waals surface area (Å²) in [6, 6.07) is 13.6. The molecule has 3 aromatic rings. The second-order valence-corrected chi connectivity index (χ2v) is 8.20. The summed E-state index contributed by atoms with van der Waals surface area (Å²) >= 11 is 0. The SMILES string of the molecule is Cc1cc(C)n(-c2cc(N3CC4CN(C(=O)Nc5ccccc5)CC4C3)ncn2)n1.